The number of sulfone groups is 1. The molecular formula is C10H10Br2N2O4S2. The van der Waals surface area contributed by atoms with Gasteiger partial charge in [-0.3, -0.25) is 0 Å². The Morgan fingerprint density at radius 2 is 1.95 bits per heavy atom. The van der Waals surface area contributed by atoms with Gasteiger partial charge in [-0.1, -0.05) is 22.0 Å². The van der Waals surface area contributed by atoms with Crippen molar-refractivity contribution in [2.45, 2.75) is 10.9 Å². The molecule has 0 amide bonds. The zero-order valence-electron chi connectivity index (χ0n) is 9.88. The summed E-state index contributed by atoms with van der Waals surface area (Å²) in [7, 11) is -7.27. The molecule has 1 aliphatic heterocycles. The van der Waals surface area contributed by atoms with Crippen molar-refractivity contribution in [3.05, 3.63) is 32.6 Å². The molecule has 0 saturated carbocycles. The Morgan fingerprint density at radius 3 is 2.45 bits per heavy atom. The van der Waals surface area contributed by atoms with Crippen LogP contribution in [0.3, 0.4) is 0 Å². The molecule has 3 N–H and O–H groups in total. The molecule has 1 aliphatic rings. The first-order chi connectivity index (χ1) is 9.11. The van der Waals surface area contributed by atoms with Crippen LogP contribution in [0.25, 0.3) is 0 Å². The van der Waals surface area contributed by atoms with Gasteiger partial charge in [0.1, 0.15) is 4.90 Å². The van der Waals surface area contributed by atoms with Gasteiger partial charge in [-0.25, -0.2) is 21.6 Å². The van der Waals surface area contributed by atoms with Crippen LogP contribution in [-0.2, 0) is 19.9 Å². The molecule has 6 nitrogen and oxygen atoms in total. The van der Waals surface area contributed by atoms with E-state index in [-0.39, 0.29) is 16.3 Å². The lowest BCUT2D eigenvalue weighted by atomic mass is 10.3. The number of halogens is 2. The summed E-state index contributed by atoms with van der Waals surface area (Å²) >= 11 is 6.34. The third-order valence-electron chi connectivity index (χ3n) is 2.54. The zero-order valence-corrected chi connectivity index (χ0v) is 14.7. The van der Waals surface area contributed by atoms with Gasteiger partial charge < -0.3 is 5.73 Å². The molecular weight excluding hydrogens is 436 g/mol. The Bertz CT molecular complexity index is 764. The van der Waals surface area contributed by atoms with E-state index in [1.54, 1.807) is 6.07 Å². The van der Waals surface area contributed by atoms with E-state index < -0.39 is 25.9 Å². The van der Waals surface area contributed by atoms with Gasteiger partial charge in [0, 0.05) is 14.4 Å². The summed E-state index contributed by atoms with van der Waals surface area (Å²) in [6.07, 6.45) is 1.30. The molecule has 0 fully saturated rings. The molecule has 0 spiro atoms. The van der Waals surface area contributed by atoms with E-state index in [4.69, 9.17) is 5.73 Å². The van der Waals surface area contributed by atoms with Crippen molar-refractivity contribution in [2.24, 2.45) is 0 Å². The Hall–Kier alpha value is -0.420. The Morgan fingerprint density at radius 1 is 1.30 bits per heavy atom. The first kappa shape index (κ1) is 16.0. The summed E-state index contributed by atoms with van der Waals surface area (Å²) in [5.41, 5.74) is 5.78. The number of sulfonamides is 1. The highest BCUT2D eigenvalue weighted by molar-refractivity contribution is 9.11. The van der Waals surface area contributed by atoms with Gasteiger partial charge in [0.15, 0.2) is 9.84 Å². The second-order valence-electron chi connectivity index (χ2n) is 4.19. The Kier molecular flexibility index (Phi) is 4.32. The second kappa shape index (κ2) is 5.41. The van der Waals surface area contributed by atoms with Gasteiger partial charge in [0.2, 0.25) is 10.0 Å². The maximum Gasteiger partial charge on any atom is 0.244 e. The fourth-order valence-corrected chi connectivity index (χ4v) is 6.37. The summed E-state index contributed by atoms with van der Waals surface area (Å²) in [5.74, 6) is -0.291. The van der Waals surface area contributed by atoms with Gasteiger partial charge in [0.05, 0.1) is 17.5 Å². The van der Waals surface area contributed by atoms with Gasteiger partial charge in [0.25, 0.3) is 0 Å². The number of hydrogen-bond acceptors (Lipinski definition) is 5. The van der Waals surface area contributed by atoms with Crippen molar-refractivity contribution in [1.29, 1.82) is 0 Å². The minimum absolute atomic E-state index is 0.0589. The maximum absolute atomic E-state index is 12.3. The summed E-state index contributed by atoms with van der Waals surface area (Å²) in [4.78, 5) is -0.113. The summed E-state index contributed by atoms with van der Waals surface area (Å²) in [5, 5.41) is 1.00. The van der Waals surface area contributed by atoms with Crippen LogP contribution >= 0.6 is 31.9 Å². The van der Waals surface area contributed by atoms with Gasteiger partial charge in [-0.2, -0.15) is 0 Å². The van der Waals surface area contributed by atoms with Gasteiger partial charge in [-0.05, 0) is 28.1 Å². The predicted molar refractivity (Wildman–Crippen MR) is 83.3 cm³/mol. The highest BCUT2D eigenvalue weighted by atomic mass is 79.9. The molecule has 110 valence electrons. The van der Waals surface area contributed by atoms with Crippen molar-refractivity contribution in [2.75, 3.05) is 11.5 Å². The molecule has 1 atom stereocenters. The number of nitrogens with two attached hydrogens (primary N) is 1. The van der Waals surface area contributed by atoms with Crippen LogP contribution in [0.4, 0.5) is 5.69 Å². The highest BCUT2D eigenvalue weighted by Gasteiger charge is 2.29. The molecule has 0 aliphatic carbocycles. The molecule has 1 unspecified atom stereocenters. The molecule has 1 heterocycles. The topological polar surface area (TPSA) is 106 Å². The fourth-order valence-electron chi connectivity index (χ4n) is 1.77. The first-order valence-corrected chi connectivity index (χ1v) is 10.1. The largest absolute Gasteiger partial charge is 0.398 e. The number of hydrogen-bond donors (Lipinski definition) is 2. The van der Waals surface area contributed by atoms with Crippen LogP contribution < -0.4 is 10.5 Å². The van der Waals surface area contributed by atoms with E-state index in [0.717, 1.165) is 5.41 Å². The molecule has 1 aromatic carbocycles. The number of rotatable bonds is 3. The van der Waals surface area contributed by atoms with Gasteiger partial charge >= 0.3 is 0 Å². The standard InChI is InChI=1S/C10H10Br2N2O4S2/c11-6-3-8(12)10(9(13)4-6)20(17,18)14-7-1-2-19(15,16)5-7/h1-4,7,14H,5,13H2. The van der Waals surface area contributed by atoms with E-state index in [1.165, 1.54) is 12.1 Å². The smallest absolute Gasteiger partial charge is 0.244 e. The molecule has 0 saturated heterocycles. The van der Waals surface area contributed by atoms with E-state index in [2.05, 4.69) is 36.6 Å². The maximum atomic E-state index is 12.3. The molecule has 0 aromatic heterocycles. The normalized spacial score (nSPS) is 21.2. The lowest BCUT2D eigenvalue weighted by molar-refractivity contribution is 0.575. The van der Waals surface area contributed by atoms with Crippen molar-refractivity contribution in [3.63, 3.8) is 0 Å². The quantitative estimate of drug-likeness (QED) is 0.683. The molecule has 0 bridgehead atoms. The minimum atomic E-state index is -3.93. The average molecular weight is 446 g/mol. The summed E-state index contributed by atoms with van der Waals surface area (Å²) in [6, 6.07) is 2.21. The summed E-state index contributed by atoms with van der Waals surface area (Å²) in [6.45, 7) is 0. The van der Waals surface area contributed by atoms with Crippen molar-refractivity contribution in [1.82, 2.24) is 4.72 Å². The molecule has 2 rings (SSSR count). The van der Waals surface area contributed by atoms with Crippen molar-refractivity contribution in [3.8, 4) is 0 Å². The Balaban J connectivity index is 2.36. The zero-order chi connectivity index (χ0) is 15.1. The van der Waals surface area contributed by atoms with Crippen molar-refractivity contribution >= 4 is 57.4 Å². The third-order valence-corrected chi connectivity index (χ3v) is 6.89. The van der Waals surface area contributed by atoms with Crippen molar-refractivity contribution < 1.29 is 16.8 Å². The number of nitrogens with one attached hydrogen (secondary N) is 1. The molecule has 20 heavy (non-hydrogen) atoms. The van der Waals surface area contributed by atoms with E-state index in [0.29, 0.717) is 8.95 Å². The van der Waals surface area contributed by atoms with Crippen LogP contribution in [0.15, 0.2) is 37.5 Å². The third kappa shape index (κ3) is 3.42. The second-order valence-corrected chi connectivity index (χ2v) is 9.54. The van der Waals surface area contributed by atoms with Crippen LogP contribution in [0, 0.1) is 0 Å². The number of anilines is 1. The highest BCUT2D eigenvalue weighted by Crippen LogP contribution is 2.31. The minimum Gasteiger partial charge on any atom is -0.398 e. The predicted octanol–water partition coefficient (Wildman–Crippen LogP) is 1.38. The van der Waals surface area contributed by atoms with Crippen LogP contribution in [0.5, 0.6) is 0 Å². The van der Waals surface area contributed by atoms with Crippen LogP contribution in [0.1, 0.15) is 0 Å². The van der Waals surface area contributed by atoms with E-state index in [1.807, 2.05) is 0 Å². The van der Waals surface area contributed by atoms with Crippen LogP contribution in [-0.4, -0.2) is 28.6 Å². The average Bonchev–Trinajstić information content (AvgIpc) is 2.54. The lowest BCUT2D eigenvalue weighted by Gasteiger charge is -2.14. The SMILES string of the molecule is Nc1cc(Br)cc(Br)c1S(=O)(=O)NC1C=CS(=O)(=O)C1. The first-order valence-electron chi connectivity index (χ1n) is 5.28. The summed E-state index contributed by atoms with van der Waals surface area (Å²) < 4.78 is 50.4. The van der Waals surface area contributed by atoms with Crippen LogP contribution in [0.2, 0.25) is 0 Å². The molecule has 1 aromatic rings. The fraction of sp³-hybridized carbons (Fsp3) is 0.200. The molecule has 0 radical (unpaired) electrons. The lowest BCUT2D eigenvalue weighted by Crippen LogP contribution is -2.36. The Labute approximate surface area is 133 Å². The van der Waals surface area contributed by atoms with E-state index in [9.17, 15) is 16.8 Å². The number of benzene rings is 1. The monoisotopic (exact) mass is 444 g/mol. The van der Waals surface area contributed by atoms with Gasteiger partial charge in [-0.15, -0.1) is 0 Å². The van der Waals surface area contributed by atoms with E-state index >= 15 is 0 Å². The number of nitrogen functional groups attached to an aromatic ring is 1. The molecule has 10 heteroatoms.